The van der Waals surface area contributed by atoms with Crippen molar-refractivity contribution in [1.29, 1.82) is 0 Å². The van der Waals surface area contributed by atoms with E-state index in [4.69, 9.17) is 5.73 Å². The van der Waals surface area contributed by atoms with E-state index in [-0.39, 0.29) is 5.54 Å². The highest BCUT2D eigenvalue weighted by molar-refractivity contribution is 4.99. The Morgan fingerprint density at radius 2 is 1.56 bits per heavy atom. The molecule has 2 aliphatic carbocycles. The molecule has 2 saturated carbocycles. The van der Waals surface area contributed by atoms with Gasteiger partial charge in [-0.1, -0.05) is 39.5 Å². The van der Waals surface area contributed by atoms with Crippen LogP contribution >= 0.6 is 0 Å². The minimum Gasteiger partial charge on any atom is -0.325 e. The lowest BCUT2D eigenvalue weighted by Crippen LogP contribution is -2.55. The molecule has 0 aromatic rings. The van der Waals surface area contributed by atoms with Crippen LogP contribution in [0.5, 0.6) is 0 Å². The summed E-state index contributed by atoms with van der Waals surface area (Å²) in [6, 6.07) is 0. The maximum Gasteiger partial charge on any atom is 0.0209 e. The average molecular weight is 223 g/mol. The van der Waals surface area contributed by atoms with Crippen LogP contribution in [0.15, 0.2) is 0 Å². The standard InChI is InChI=1S/C15H29N/c1-12-9-10-15(16,13(2)11-12)14-7-5-3-4-6-8-14/h12-14H,3-11,16H2,1-2H3. The molecule has 2 N–H and O–H groups in total. The third-order valence-electron chi connectivity index (χ3n) is 5.36. The van der Waals surface area contributed by atoms with Crippen molar-refractivity contribution >= 4 is 0 Å². The van der Waals surface area contributed by atoms with Crippen LogP contribution in [0, 0.1) is 17.8 Å². The summed E-state index contributed by atoms with van der Waals surface area (Å²) in [4.78, 5) is 0. The zero-order chi connectivity index (χ0) is 11.6. The fraction of sp³-hybridized carbons (Fsp3) is 1.00. The van der Waals surface area contributed by atoms with Crippen LogP contribution in [-0.4, -0.2) is 5.54 Å². The van der Waals surface area contributed by atoms with E-state index in [1.54, 1.807) is 0 Å². The molecule has 2 aliphatic rings. The Morgan fingerprint density at radius 3 is 2.12 bits per heavy atom. The summed E-state index contributed by atoms with van der Waals surface area (Å²) in [6.45, 7) is 4.80. The normalized spacial score (nSPS) is 42.9. The van der Waals surface area contributed by atoms with Crippen LogP contribution in [0.1, 0.15) is 71.6 Å². The van der Waals surface area contributed by atoms with Crippen LogP contribution in [-0.2, 0) is 0 Å². The summed E-state index contributed by atoms with van der Waals surface area (Å²) in [5.41, 5.74) is 6.99. The van der Waals surface area contributed by atoms with Gasteiger partial charge in [-0.05, 0) is 49.9 Å². The van der Waals surface area contributed by atoms with E-state index in [1.165, 1.54) is 57.8 Å². The van der Waals surface area contributed by atoms with Gasteiger partial charge in [-0.15, -0.1) is 0 Å². The molecule has 0 amide bonds. The Balaban J connectivity index is 2.04. The minimum absolute atomic E-state index is 0.177. The Kier molecular flexibility index (Phi) is 3.94. The second-order valence-corrected chi connectivity index (χ2v) is 6.58. The van der Waals surface area contributed by atoms with Gasteiger partial charge in [0.25, 0.3) is 0 Å². The van der Waals surface area contributed by atoms with Gasteiger partial charge in [0, 0.05) is 5.54 Å². The van der Waals surface area contributed by atoms with E-state index in [2.05, 4.69) is 13.8 Å². The molecule has 1 heteroatoms. The minimum atomic E-state index is 0.177. The highest BCUT2D eigenvalue weighted by Gasteiger charge is 2.42. The summed E-state index contributed by atoms with van der Waals surface area (Å²) >= 11 is 0. The van der Waals surface area contributed by atoms with Gasteiger partial charge in [-0.2, -0.15) is 0 Å². The zero-order valence-electron chi connectivity index (χ0n) is 11.2. The summed E-state index contributed by atoms with van der Waals surface area (Å²) in [7, 11) is 0. The largest absolute Gasteiger partial charge is 0.325 e. The fourth-order valence-electron chi connectivity index (χ4n) is 4.11. The second kappa shape index (κ2) is 5.08. The molecule has 3 unspecified atom stereocenters. The summed E-state index contributed by atoms with van der Waals surface area (Å²) in [5, 5.41) is 0. The molecule has 0 aromatic heterocycles. The molecule has 0 radical (unpaired) electrons. The van der Waals surface area contributed by atoms with Crippen molar-refractivity contribution in [3.8, 4) is 0 Å². The number of rotatable bonds is 1. The SMILES string of the molecule is CC1CCC(N)(C2CCCCCC2)C(C)C1. The van der Waals surface area contributed by atoms with Crippen LogP contribution in [0.2, 0.25) is 0 Å². The smallest absolute Gasteiger partial charge is 0.0209 e. The van der Waals surface area contributed by atoms with Gasteiger partial charge in [-0.25, -0.2) is 0 Å². The monoisotopic (exact) mass is 223 g/mol. The van der Waals surface area contributed by atoms with Crippen LogP contribution in [0.25, 0.3) is 0 Å². The maximum atomic E-state index is 6.81. The molecule has 2 fully saturated rings. The Bertz CT molecular complexity index is 217. The first-order chi connectivity index (χ1) is 7.63. The zero-order valence-corrected chi connectivity index (χ0v) is 11.2. The highest BCUT2D eigenvalue weighted by atomic mass is 14.8. The van der Waals surface area contributed by atoms with E-state index >= 15 is 0 Å². The van der Waals surface area contributed by atoms with Crippen molar-refractivity contribution in [2.75, 3.05) is 0 Å². The highest BCUT2D eigenvalue weighted by Crippen LogP contribution is 2.44. The molecule has 3 atom stereocenters. The number of hydrogen-bond acceptors (Lipinski definition) is 1. The van der Waals surface area contributed by atoms with E-state index in [0.29, 0.717) is 0 Å². The number of hydrogen-bond donors (Lipinski definition) is 1. The van der Waals surface area contributed by atoms with Crippen molar-refractivity contribution in [3.63, 3.8) is 0 Å². The molecule has 16 heavy (non-hydrogen) atoms. The summed E-state index contributed by atoms with van der Waals surface area (Å²) in [5.74, 6) is 2.45. The first-order valence-corrected chi connectivity index (χ1v) is 7.42. The van der Waals surface area contributed by atoms with Gasteiger partial charge in [0.15, 0.2) is 0 Å². The fourth-order valence-corrected chi connectivity index (χ4v) is 4.11. The van der Waals surface area contributed by atoms with E-state index < -0.39 is 0 Å². The lowest BCUT2D eigenvalue weighted by atomic mass is 9.63. The van der Waals surface area contributed by atoms with Crippen molar-refractivity contribution < 1.29 is 0 Å². The Hall–Kier alpha value is -0.0400. The molecule has 0 aliphatic heterocycles. The Morgan fingerprint density at radius 1 is 0.938 bits per heavy atom. The summed E-state index contributed by atoms with van der Waals surface area (Å²) < 4.78 is 0. The van der Waals surface area contributed by atoms with Gasteiger partial charge < -0.3 is 5.73 Å². The van der Waals surface area contributed by atoms with E-state index in [9.17, 15) is 0 Å². The van der Waals surface area contributed by atoms with Crippen molar-refractivity contribution in [2.45, 2.75) is 77.2 Å². The molecule has 0 heterocycles. The molecule has 94 valence electrons. The van der Waals surface area contributed by atoms with E-state index in [0.717, 1.165) is 17.8 Å². The molecule has 0 aromatic carbocycles. The number of nitrogens with two attached hydrogens (primary N) is 1. The van der Waals surface area contributed by atoms with Crippen molar-refractivity contribution in [2.24, 2.45) is 23.5 Å². The first-order valence-electron chi connectivity index (χ1n) is 7.42. The van der Waals surface area contributed by atoms with E-state index in [1.807, 2.05) is 0 Å². The third-order valence-corrected chi connectivity index (χ3v) is 5.36. The lowest BCUT2D eigenvalue weighted by Gasteiger charge is -2.47. The van der Waals surface area contributed by atoms with Gasteiger partial charge in [-0.3, -0.25) is 0 Å². The van der Waals surface area contributed by atoms with Crippen molar-refractivity contribution in [1.82, 2.24) is 0 Å². The average Bonchev–Trinajstić information content (AvgIpc) is 2.53. The van der Waals surface area contributed by atoms with Crippen molar-refractivity contribution in [3.05, 3.63) is 0 Å². The second-order valence-electron chi connectivity index (χ2n) is 6.58. The van der Waals surface area contributed by atoms with Gasteiger partial charge in [0.1, 0.15) is 0 Å². The summed E-state index contributed by atoms with van der Waals surface area (Å²) in [6.07, 6.45) is 12.5. The Labute approximate surface area is 101 Å². The first kappa shape index (κ1) is 12.4. The topological polar surface area (TPSA) is 26.0 Å². The molecule has 1 nitrogen and oxygen atoms in total. The van der Waals surface area contributed by atoms with Gasteiger partial charge in [0.2, 0.25) is 0 Å². The quantitative estimate of drug-likeness (QED) is 0.665. The molecule has 0 bridgehead atoms. The lowest BCUT2D eigenvalue weighted by molar-refractivity contribution is 0.0917. The maximum absolute atomic E-state index is 6.81. The molecule has 0 spiro atoms. The van der Waals surface area contributed by atoms with Crippen LogP contribution in [0.3, 0.4) is 0 Å². The molecule has 2 rings (SSSR count). The molecular formula is C15H29N. The molecule has 0 saturated heterocycles. The van der Waals surface area contributed by atoms with Crippen LogP contribution < -0.4 is 5.73 Å². The predicted octanol–water partition coefficient (Wildman–Crippen LogP) is 4.11. The van der Waals surface area contributed by atoms with Crippen LogP contribution in [0.4, 0.5) is 0 Å². The third kappa shape index (κ3) is 2.45. The molecular weight excluding hydrogens is 194 g/mol. The van der Waals surface area contributed by atoms with Gasteiger partial charge >= 0.3 is 0 Å². The van der Waals surface area contributed by atoms with Gasteiger partial charge in [0.05, 0.1) is 0 Å². The predicted molar refractivity (Wildman–Crippen MR) is 70.3 cm³/mol.